The molecule has 0 fully saturated rings. The molecule has 2 aromatic rings. The van der Waals surface area contributed by atoms with E-state index >= 15 is 0 Å². The Hall–Kier alpha value is -1.66. The Morgan fingerprint density at radius 1 is 0.955 bits per heavy atom. The number of hydrogen-bond acceptors (Lipinski definition) is 2. The van der Waals surface area contributed by atoms with E-state index in [1.165, 1.54) is 19.9 Å². The van der Waals surface area contributed by atoms with Crippen molar-refractivity contribution in [3.63, 3.8) is 0 Å². The maximum absolute atomic E-state index is 13.8. The Bertz CT molecular complexity index is 828. The van der Waals surface area contributed by atoms with Crippen LogP contribution in [0.3, 0.4) is 0 Å². The molecule has 0 amide bonds. The molecule has 1 N–H and O–H groups in total. The molecule has 0 radical (unpaired) electrons. The number of halogens is 3. The molecule has 0 saturated carbocycles. The maximum atomic E-state index is 13.8. The number of rotatable bonds is 3. The third-order valence-corrected chi connectivity index (χ3v) is 5.02. The lowest BCUT2D eigenvalue weighted by atomic mass is 10.2. The number of benzene rings is 2. The Kier molecular flexibility index (Phi) is 4.44. The average Bonchev–Trinajstić information content (AvgIpc) is 2.38. The Balaban J connectivity index is 2.54. The molecule has 0 saturated heterocycles. The molecule has 0 aliphatic carbocycles. The zero-order valence-corrected chi connectivity index (χ0v) is 13.7. The zero-order valence-electron chi connectivity index (χ0n) is 12.2. The normalized spacial score (nSPS) is 11.5. The largest absolute Gasteiger partial charge is 0.274 e. The molecule has 7 heteroatoms. The fourth-order valence-electron chi connectivity index (χ4n) is 2.05. The molecule has 0 spiro atoms. The van der Waals surface area contributed by atoms with Gasteiger partial charge in [0.2, 0.25) is 0 Å². The van der Waals surface area contributed by atoms with Gasteiger partial charge in [-0.15, -0.1) is 0 Å². The first kappa shape index (κ1) is 16.7. The van der Waals surface area contributed by atoms with Crippen molar-refractivity contribution in [2.75, 3.05) is 4.72 Å². The van der Waals surface area contributed by atoms with Crippen molar-refractivity contribution >= 4 is 27.3 Å². The van der Waals surface area contributed by atoms with Gasteiger partial charge in [0, 0.05) is 5.02 Å². The van der Waals surface area contributed by atoms with E-state index in [2.05, 4.69) is 0 Å². The van der Waals surface area contributed by atoms with E-state index in [4.69, 9.17) is 11.6 Å². The Morgan fingerprint density at radius 3 is 2.00 bits per heavy atom. The van der Waals surface area contributed by atoms with Gasteiger partial charge in [0.1, 0.15) is 5.69 Å². The quantitative estimate of drug-likeness (QED) is 0.899. The summed E-state index contributed by atoms with van der Waals surface area (Å²) in [6, 6.07) is 5.12. The van der Waals surface area contributed by atoms with Crippen LogP contribution in [0.4, 0.5) is 14.5 Å². The number of aryl methyl sites for hydroxylation is 2. The minimum absolute atomic E-state index is 0.114. The zero-order chi connectivity index (χ0) is 16.7. The Morgan fingerprint density at radius 2 is 1.45 bits per heavy atom. The minimum atomic E-state index is -4.16. The summed E-state index contributed by atoms with van der Waals surface area (Å²) in [4.78, 5) is -0.114. The first-order valence-corrected chi connectivity index (χ1v) is 8.23. The average molecular weight is 346 g/mol. The summed E-state index contributed by atoms with van der Waals surface area (Å²) in [7, 11) is -4.16. The summed E-state index contributed by atoms with van der Waals surface area (Å²) in [6.45, 7) is 4.71. The van der Waals surface area contributed by atoms with E-state index in [-0.39, 0.29) is 9.92 Å². The van der Waals surface area contributed by atoms with Gasteiger partial charge in [-0.3, -0.25) is 4.72 Å². The predicted octanol–water partition coefficient (Wildman–Crippen LogP) is 4.34. The van der Waals surface area contributed by atoms with Crippen molar-refractivity contribution in [1.82, 2.24) is 0 Å². The van der Waals surface area contributed by atoms with Crippen molar-refractivity contribution in [2.24, 2.45) is 0 Å². The first-order chi connectivity index (χ1) is 10.1. The number of anilines is 1. The summed E-state index contributed by atoms with van der Waals surface area (Å²) in [6.07, 6.45) is 0. The predicted molar refractivity (Wildman–Crippen MR) is 82.8 cm³/mol. The van der Waals surface area contributed by atoms with Gasteiger partial charge in [-0.1, -0.05) is 11.6 Å². The SMILES string of the molecule is Cc1cc(F)c(NS(=O)(=O)c2cc(C)cc(Cl)c2C)c(F)c1. The van der Waals surface area contributed by atoms with E-state index in [1.807, 2.05) is 4.72 Å². The van der Waals surface area contributed by atoms with E-state index in [9.17, 15) is 17.2 Å². The van der Waals surface area contributed by atoms with Gasteiger partial charge in [0.15, 0.2) is 11.6 Å². The lowest BCUT2D eigenvalue weighted by Crippen LogP contribution is -2.17. The van der Waals surface area contributed by atoms with Crippen LogP contribution in [0.15, 0.2) is 29.2 Å². The standard InChI is InChI=1S/C15H14ClF2NO2S/c1-8-4-11(16)10(3)14(7-8)22(20,21)19-15-12(17)5-9(2)6-13(15)18/h4-7,19H,1-3H3. The number of hydrogen-bond donors (Lipinski definition) is 1. The van der Waals surface area contributed by atoms with E-state index < -0.39 is 27.3 Å². The molecule has 0 aliphatic heterocycles. The molecule has 2 rings (SSSR count). The lowest BCUT2D eigenvalue weighted by molar-refractivity contribution is 0.581. The molecule has 0 heterocycles. The third kappa shape index (κ3) is 3.23. The molecule has 22 heavy (non-hydrogen) atoms. The van der Waals surface area contributed by atoms with Crippen LogP contribution in [0.1, 0.15) is 16.7 Å². The molecule has 0 bridgehead atoms. The molecule has 0 unspecified atom stereocenters. The third-order valence-electron chi connectivity index (χ3n) is 3.15. The van der Waals surface area contributed by atoms with Crippen LogP contribution in [-0.2, 0) is 10.0 Å². The topological polar surface area (TPSA) is 46.2 Å². The van der Waals surface area contributed by atoms with Crippen LogP contribution in [-0.4, -0.2) is 8.42 Å². The fraction of sp³-hybridized carbons (Fsp3) is 0.200. The summed E-state index contributed by atoms with van der Waals surface area (Å²) in [5.41, 5.74) is 0.587. The second kappa shape index (κ2) is 5.85. The monoisotopic (exact) mass is 345 g/mol. The Labute approximate surface area is 133 Å². The molecule has 118 valence electrons. The van der Waals surface area contributed by atoms with Gasteiger partial charge < -0.3 is 0 Å². The molecule has 0 aromatic heterocycles. The summed E-state index contributed by atoms with van der Waals surface area (Å²) < 4.78 is 54.4. The van der Waals surface area contributed by atoms with Crippen LogP contribution >= 0.6 is 11.6 Å². The highest BCUT2D eigenvalue weighted by Crippen LogP contribution is 2.28. The maximum Gasteiger partial charge on any atom is 0.262 e. The smallest absolute Gasteiger partial charge is 0.262 e. The van der Waals surface area contributed by atoms with Crippen molar-refractivity contribution in [1.29, 1.82) is 0 Å². The fourth-order valence-corrected chi connectivity index (χ4v) is 3.81. The number of sulfonamides is 1. The van der Waals surface area contributed by atoms with Gasteiger partial charge in [-0.2, -0.15) is 0 Å². The summed E-state index contributed by atoms with van der Waals surface area (Å²) in [5, 5.41) is 0.269. The van der Waals surface area contributed by atoms with Crippen LogP contribution in [0.25, 0.3) is 0 Å². The van der Waals surface area contributed by atoms with Gasteiger partial charge >= 0.3 is 0 Å². The van der Waals surface area contributed by atoms with Crippen molar-refractivity contribution < 1.29 is 17.2 Å². The van der Waals surface area contributed by atoms with E-state index in [0.717, 1.165) is 12.1 Å². The highest BCUT2D eigenvalue weighted by atomic mass is 35.5. The van der Waals surface area contributed by atoms with Crippen LogP contribution < -0.4 is 4.72 Å². The lowest BCUT2D eigenvalue weighted by Gasteiger charge is -2.14. The molecule has 0 atom stereocenters. The van der Waals surface area contributed by atoms with Crippen molar-refractivity contribution in [3.05, 3.63) is 57.6 Å². The van der Waals surface area contributed by atoms with Gasteiger partial charge in [0.25, 0.3) is 10.0 Å². The van der Waals surface area contributed by atoms with Crippen LogP contribution in [0, 0.1) is 32.4 Å². The first-order valence-electron chi connectivity index (χ1n) is 6.37. The van der Waals surface area contributed by atoms with E-state index in [0.29, 0.717) is 16.7 Å². The van der Waals surface area contributed by atoms with Gasteiger partial charge in [0.05, 0.1) is 4.90 Å². The molecular weight excluding hydrogens is 332 g/mol. The highest BCUT2D eigenvalue weighted by Gasteiger charge is 2.22. The second-order valence-electron chi connectivity index (χ2n) is 5.08. The van der Waals surface area contributed by atoms with Crippen molar-refractivity contribution in [2.45, 2.75) is 25.7 Å². The number of nitrogens with one attached hydrogen (secondary N) is 1. The van der Waals surface area contributed by atoms with E-state index in [1.54, 1.807) is 13.0 Å². The molecular formula is C15H14ClF2NO2S. The van der Waals surface area contributed by atoms with Crippen LogP contribution in [0.2, 0.25) is 5.02 Å². The molecule has 3 nitrogen and oxygen atoms in total. The minimum Gasteiger partial charge on any atom is -0.274 e. The summed E-state index contributed by atoms with van der Waals surface area (Å²) in [5.74, 6) is -1.95. The van der Waals surface area contributed by atoms with Gasteiger partial charge in [-0.05, 0) is 61.7 Å². The second-order valence-corrected chi connectivity index (χ2v) is 7.14. The highest BCUT2D eigenvalue weighted by molar-refractivity contribution is 7.92. The molecule has 2 aromatic carbocycles. The van der Waals surface area contributed by atoms with Crippen molar-refractivity contribution in [3.8, 4) is 0 Å². The van der Waals surface area contributed by atoms with Gasteiger partial charge in [-0.25, -0.2) is 17.2 Å². The summed E-state index contributed by atoms with van der Waals surface area (Å²) >= 11 is 5.97. The van der Waals surface area contributed by atoms with Crippen LogP contribution in [0.5, 0.6) is 0 Å². The molecule has 0 aliphatic rings.